The Morgan fingerprint density at radius 3 is 2.57 bits per heavy atom. The number of ether oxygens (including phenoxy) is 1. The van der Waals surface area contributed by atoms with Gasteiger partial charge in [-0.3, -0.25) is 10.1 Å². The van der Waals surface area contributed by atoms with Gasteiger partial charge in [0.15, 0.2) is 0 Å². The molecule has 0 fully saturated rings. The van der Waals surface area contributed by atoms with Gasteiger partial charge in [0.05, 0.1) is 13.0 Å². The molecule has 0 spiro atoms. The predicted octanol–water partition coefficient (Wildman–Crippen LogP) is 4.01. The van der Waals surface area contributed by atoms with Gasteiger partial charge < -0.3 is 14.9 Å². The van der Waals surface area contributed by atoms with E-state index in [1.807, 2.05) is 12.1 Å². The Bertz CT molecular complexity index is 1240. The molecule has 28 heavy (non-hydrogen) atoms. The summed E-state index contributed by atoms with van der Waals surface area (Å²) < 4.78 is 10.6. The Morgan fingerprint density at radius 2 is 1.89 bits per heavy atom. The highest BCUT2D eigenvalue weighted by atomic mass is 32.1. The van der Waals surface area contributed by atoms with E-state index >= 15 is 0 Å². The van der Waals surface area contributed by atoms with Crippen molar-refractivity contribution in [3.05, 3.63) is 79.5 Å². The third kappa shape index (κ3) is 2.97. The summed E-state index contributed by atoms with van der Waals surface area (Å²) in [6.07, 6.45) is 0. The molecule has 0 saturated heterocycles. The molecular formula is C20H16N2O5S. The molecule has 0 aliphatic carbocycles. The molecule has 2 aromatic carbocycles. The van der Waals surface area contributed by atoms with Crippen molar-refractivity contribution in [3.63, 3.8) is 0 Å². The molecule has 2 N–H and O–H groups in total. The SMILES string of the molecule is COc1ccc(C(C[N+](=O)[O-])c2sc(N)c3c(=O)oc4ccccc4c23)cc1. The van der Waals surface area contributed by atoms with Crippen LogP contribution in [0.15, 0.2) is 57.7 Å². The van der Waals surface area contributed by atoms with Gasteiger partial charge in [0.1, 0.15) is 21.7 Å². The summed E-state index contributed by atoms with van der Waals surface area (Å²) in [5, 5.41) is 13.3. The summed E-state index contributed by atoms with van der Waals surface area (Å²) in [4.78, 5) is 24.3. The second-order valence-electron chi connectivity index (χ2n) is 6.31. The number of nitro groups is 1. The number of hydrogen-bond acceptors (Lipinski definition) is 7. The number of nitrogen functional groups attached to an aromatic ring is 1. The Hall–Kier alpha value is -3.39. The third-order valence-electron chi connectivity index (χ3n) is 4.69. The minimum atomic E-state index is -0.559. The molecule has 7 nitrogen and oxygen atoms in total. The van der Waals surface area contributed by atoms with Crippen LogP contribution in [-0.2, 0) is 0 Å². The van der Waals surface area contributed by atoms with Crippen molar-refractivity contribution < 1.29 is 14.1 Å². The first-order valence-corrected chi connectivity index (χ1v) is 9.30. The van der Waals surface area contributed by atoms with E-state index in [-0.39, 0.29) is 16.9 Å². The molecule has 0 radical (unpaired) electrons. The van der Waals surface area contributed by atoms with Crippen LogP contribution in [-0.4, -0.2) is 18.6 Å². The van der Waals surface area contributed by atoms with Gasteiger partial charge in [0, 0.05) is 20.6 Å². The molecule has 0 saturated carbocycles. The molecular weight excluding hydrogens is 380 g/mol. The number of benzene rings is 2. The van der Waals surface area contributed by atoms with Gasteiger partial charge in [-0.2, -0.15) is 0 Å². The lowest BCUT2D eigenvalue weighted by atomic mass is 9.94. The fourth-order valence-corrected chi connectivity index (χ4v) is 4.61. The molecule has 0 aliphatic heterocycles. The van der Waals surface area contributed by atoms with E-state index in [9.17, 15) is 14.9 Å². The predicted molar refractivity (Wildman–Crippen MR) is 109 cm³/mol. The van der Waals surface area contributed by atoms with E-state index in [1.54, 1.807) is 43.5 Å². The van der Waals surface area contributed by atoms with Crippen LogP contribution in [0.5, 0.6) is 5.75 Å². The first kappa shape index (κ1) is 18.0. The highest BCUT2D eigenvalue weighted by molar-refractivity contribution is 7.18. The summed E-state index contributed by atoms with van der Waals surface area (Å²) in [7, 11) is 1.56. The van der Waals surface area contributed by atoms with Crippen LogP contribution in [0.2, 0.25) is 0 Å². The van der Waals surface area contributed by atoms with E-state index in [0.29, 0.717) is 32.0 Å². The van der Waals surface area contributed by atoms with Gasteiger partial charge in [-0.25, -0.2) is 4.79 Å². The third-order valence-corrected chi connectivity index (χ3v) is 5.82. The van der Waals surface area contributed by atoms with Crippen molar-refractivity contribution in [2.45, 2.75) is 5.92 Å². The summed E-state index contributed by atoms with van der Waals surface area (Å²) in [6.45, 7) is -0.323. The maximum Gasteiger partial charge on any atom is 0.347 e. The number of anilines is 1. The quantitative estimate of drug-likeness (QED) is 0.310. The topological polar surface area (TPSA) is 109 Å². The van der Waals surface area contributed by atoms with E-state index < -0.39 is 11.5 Å². The minimum absolute atomic E-state index is 0.278. The maximum atomic E-state index is 12.5. The Morgan fingerprint density at radius 1 is 1.18 bits per heavy atom. The fraction of sp³-hybridized carbons (Fsp3) is 0.150. The second kappa shape index (κ2) is 6.97. The smallest absolute Gasteiger partial charge is 0.347 e. The Kier molecular flexibility index (Phi) is 4.48. The summed E-state index contributed by atoms with van der Waals surface area (Å²) >= 11 is 1.19. The monoisotopic (exact) mass is 396 g/mol. The van der Waals surface area contributed by atoms with E-state index in [1.165, 1.54) is 11.3 Å². The van der Waals surface area contributed by atoms with Gasteiger partial charge in [-0.15, -0.1) is 11.3 Å². The largest absolute Gasteiger partial charge is 0.497 e. The number of methoxy groups -OCH3 is 1. The molecule has 1 unspecified atom stereocenters. The van der Waals surface area contributed by atoms with Gasteiger partial charge in [-0.1, -0.05) is 30.3 Å². The lowest BCUT2D eigenvalue weighted by molar-refractivity contribution is -0.481. The summed E-state index contributed by atoms with van der Waals surface area (Å²) in [5.41, 5.74) is 6.76. The minimum Gasteiger partial charge on any atom is -0.497 e. The molecule has 0 bridgehead atoms. The normalized spacial score (nSPS) is 12.3. The van der Waals surface area contributed by atoms with Crippen LogP contribution >= 0.6 is 11.3 Å². The van der Waals surface area contributed by atoms with E-state index in [4.69, 9.17) is 14.9 Å². The maximum absolute atomic E-state index is 12.5. The average Bonchev–Trinajstić information content (AvgIpc) is 3.04. The van der Waals surface area contributed by atoms with Crippen LogP contribution in [0, 0.1) is 10.1 Å². The van der Waals surface area contributed by atoms with Gasteiger partial charge in [0.2, 0.25) is 6.54 Å². The number of rotatable bonds is 5. The molecule has 1 atom stereocenters. The summed E-state index contributed by atoms with van der Waals surface area (Å²) in [6, 6.07) is 14.2. The molecule has 0 aliphatic rings. The van der Waals surface area contributed by atoms with Crippen LogP contribution < -0.4 is 16.1 Å². The number of thiophene rings is 1. The number of nitrogens with two attached hydrogens (primary N) is 1. The molecule has 2 heterocycles. The highest BCUT2D eigenvalue weighted by Crippen LogP contribution is 2.42. The highest BCUT2D eigenvalue weighted by Gasteiger charge is 2.28. The Labute approximate surface area is 163 Å². The van der Waals surface area contributed by atoms with Gasteiger partial charge >= 0.3 is 5.63 Å². The zero-order valence-corrected chi connectivity index (χ0v) is 15.7. The standard InChI is InChI=1S/C20H16N2O5S/c1-26-12-8-6-11(7-9-12)14(10-22(24)25)18-16-13-4-2-3-5-15(13)27-20(23)17(16)19(21)28-18/h2-9,14H,10,21H2,1H3. The van der Waals surface area contributed by atoms with Gasteiger partial charge in [0.25, 0.3) is 0 Å². The van der Waals surface area contributed by atoms with E-state index in [2.05, 4.69) is 0 Å². The summed E-state index contributed by atoms with van der Waals surface area (Å²) in [5.74, 6) is 0.0983. The molecule has 142 valence electrons. The number of fused-ring (bicyclic) bond motifs is 3. The van der Waals surface area contributed by atoms with Crippen LogP contribution in [0.3, 0.4) is 0 Å². The lowest BCUT2D eigenvalue weighted by Gasteiger charge is -2.14. The van der Waals surface area contributed by atoms with Crippen molar-refractivity contribution >= 4 is 38.1 Å². The fourth-order valence-electron chi connectivity index (χ4n) is 3.42. The van der Waals surface area contributed by atoms with Crippen molar-refractivity contribution in [1.82, 2.24) is 0 Å². The molecule has 0 amide bonds. The molecule has 4 aromatic rings. The lowest BCUT2D eigenvalue weighted by Crippen LogP contribution is -2.13. The Balaban J connectivity index is 2.03. The zero-order chi connectivity index (χ0) is 19.8. The van der Waals surface area contributed by atoms with Crippen LogP contribution in [0.25, 0.3) is 21.7 Å². The number of nitrogens with zero attached hydrogens (tertiary/aromatic N) is 1. The van der Waals surface area contributed by atoms with Crippen molar-refractivity contribution in [3.8, 4) is 5.75 Å². The van der Waals surface area contributed by atoms with Gasteiger partial charge in [-0.05, 0) is 23.8 Å². The molecule has 4 rings (SSSR count). The first-order chi connectivity index (χ1) is 13.5. The van der Waals surface area contributed by atoms with E-state index in [0.717, 1.165) is 5.56 Å². The van der Waals surface area contributed by atoms with Crippen molar-refractivity contribution in [1.29, 1.82) is 0 Å². The molecule has 2 aromatic heterocycles. The van der Waals surface area contributed by atoms with Crippen molar-refractivity contribution in [2.75, 3.05) is 19.4 Å². The second-order valence-corrected chi connectivity index (χ2v) is 7.39. The van der Waals surface area contributed by atoms with Crippen LogP contribution in [0.1, 0.15) is 16.4 Å². The number of hydrogen-bond donors (Lipinski definition) is 1. The van der Waals surface area contributed by atoms with Crippen molar-refractivity contribution in [2.24, 2.45) is 0 Å². The zero-order valence-electron chi connectivity index (χ0n) is 14.9. The molecule has 8 heteroatoms. The van der Waals surface area contributed by atoms with Crippen LogP contribution in [0.4, 0.5) is 5.00 Å². The first-order valence-electron chi connectivity index (χ1n) is 8.49. The number of para-hydroxylation sites is 1. The average molecular weight is 396 g/mol.